The minimum absolute atomic E-state index is 0.780. The molecule has 0 saturated carbocycles. The molecule has 0 amide bonds. The Hall–Kier alpha value is -0.770. The van der Waals surface area contributed by atoms with Gasteiger partial charge in [-0.15, -0.1) is 0 Å². The summed E-state index contributed by atoms with van der Waals surface area (Å²) in [5.74, 6) is 0.800. The zero-order valence-corrected chi connectivity index (χ0v) is 12.3. The van der Waals surface area contributed by atoms with E-state index in [4.69, 9.17) is 16.3 Å². The van der Waals surface area contributed by atoms with Gasteiger partial charge < -0.3 is 15.0 Å². The highest BCUT2D eigenvalue weighted by atomic mass is 35.5. The molecule has 106 valence electrons. The number of likely N-dealkylation sites (N-methyl/N-ethyl adjacent to an activating group) is 1. The molecule has 19 heavy (non-hydrogen) atoms. The van der Waals surface area contributed by atoms with Crippen molar-refractivity contribution in [1.82, 2.24) is 4.90 Å². The van der Waals surface area contributed by atoms with Gasteiger partial charge in [0.1, 0.15) is 0 Å². The lowest BCUT2D eigenvalue weighted by atomic mass is 10.00. The fourth-order valence-corrected chi connectivity index (χ4v) is 2.55. The summed E-state index contributed by atoms with van der Waals surface area (Å²) in [5.41, 5.74) is 1.13. The molecule has 0 spiro atoms. The van der Waals surface area contributed by atoms with Gasteiger partial charge in [0, 0.05) is 43.6 Å². The molecule has 1 heterocycles. The van der Waals surface area contributed by atoms with E-state index >= 15 is 0 Å². The number of halogens is 1. The molecule has 0 aliphatic carbocycles. The topological polar surface area (TPSA) is 24.5 Å². The van der Waals surface area contributed by atoms with Gasteiger partial charge in [0.15, 0.2) is 0 Å². The quantitative estimate of drug-likeness (QED) is 0.868. The Balaban J connectivity index is 1.63. The Morgan fingerprint density at radius 3 is 2.63 bits per heavy atom. The van der Waals surface area contributed by atoms with Crippen molar-refractivity contribution in [3.8, 4) is 0 Å². The van der Waals surface area contributed by atoms with Crippen LogP contribution < -0.4 is 5.32 Å². The Morgan fingerprint density at radius 2 is 1.95 bits per heavy atom. The molecule has 0 atom stereocenters. The minimum Gasteiger partial charge on any atom is -0.384 e. The van der Waals surface area contributed by atoms with Crippen LogP contribution in [0.15, 0.2) is 24.3 Å². The molecule has 2 rings (SSSR count). The zero-order valence-electron chi connectivity index (χ0n) is 11.6. The fourth-order valence-electron chi connectivity index (χ4n) is 2.42. The van der Waals surface area contributed by atoms with Gasteiger partial charge in [0.2, 0.25) is 0 Å². The van der Waals surface area contributed by atoms with Crippen molar-refractivity contribution in [3.63, 3.8) is 0 Å². The maximum Gasteiger partial charge on any atom is 0.0469 e. The van der Waals surface area contributed by atoms with Crippen molar-refractivity contribution in [3.05, 3.63) is 29.3 Å². The van der Waals surface area contributed by atoms with E-state index in [-0.39, 0.29) is 0 Å². The summed E-state index contributed by atoms with van der Waals surface area (Å²) in [6.45, 7) is 5.05. The maximum absolute atomic E-state index is 5.86. The third-order valence-corrected chi connectivity index (χ3v) is 3.83. The molecule has 0 radical (unpaired) electrons. The summed E-state index contributed by atoms with van der Waals surface area (Å²) in [7, 11) is 2.19. The summed E-state index contributed by atoms with van der Waals surface area (Å²) in [6.07, 6.45) is 2.41. The van der Waals surface area contributed by atoms with Crippen LogP contribution in [-0.4, -0.2) is 44.8 Å². The smallest absolute Gasteiger partial charge is 0.0469 e. The van der Waals surface area contributed by atoms with E-state index in [0.717, 1.165) is 42.9 Å². The minimum atomic E-state index is 0.780. The van der Waals surface area contributed by atoms with Gasteiger partial charge in [-0.1, -0.05) is 11.6 Å². The summed E-state index contributed by atoms with van der Waals surface area (Å²) in [4.78, 5) is 2.40. The van der Waals surface area contributed by atoms with Crippen LogP contribution in [0, 0.1) is 5.92 Å². The molecule has 4 heteroatoms. The Bertz CT molecular complexity index is 363. The molecule has 3 nitrogen and oxygen atoms in total. The lowest BCUT2D eigenvalue weighted by Gasteiger charge is -2.27. The number of benzene rings is 1. The molecule has 1 aromatic carbocycles. The molecule has 1 aliphatic heterocycles. The van der Waals surface area contributed by atoms with E-state index in [1.54, 1.807) is 0 Å². The largest absolute Gasteiger partial charge is 0.384 e. The Kier molecular flexibility index (Phi) is 5.95. The molecule has 1 aliphatic rings. The first-order valence-electron chi connectivity index (χ1n) is 7.00. The van der Waals surface area contributed by atoms with E-state index in [2.05, 4.69) is 17.3 Å². The van der Waals surface area contributed by atoms with Crippen molar-refractivity contribution >= 4 is 17.3 Å². The normalized spacial score (nSPS) is 16.8. The van der Waals surface area contributed by atoms with Crippen molar-refractivity contribution in [2.75, 3.05) is 45.2 Å². The van der Waals surface area contributed by atoms with E-state index in [9.17, 15) is 0 Å². The van der Waals surface area contributed by atoms with E-state index in [1.165, 1.54) is 19.4 Å². The highest BCUT2D eigenvalue weighted by Gasteiger charge is 2.15. The first-order chi connectivity index (χ1) is 9.24. The Labute approximate surface area is 120 Å². The van der Waals surface area contributed by atoms with E-state index in [0.29, 0.717) is 0 Å². The van der Waals surface area contributed by atoms with Crippen LogP contribution in [0.5, 0.6) is 0 Å². The molecular weight excluding hydrogens is 260 g/mol. The van der Waals surface area contributed by atoms with Crippen molar-refractivity contribution in [2.45, 2.75) is 12.8 Å². The maximum atomic E-state index is 5.86. The zero-order chi connectivity index (χ0) is 13.5. The molecular formula is C15H23ClN2O. The molecule has 0 unspecified atom stereocenters. The van der Waals surface area contributed by atoms with Crippen molar-refractivity contribution in [1.29, 1.82) is 0 Å². The van der Waals surface area contributed by atoms with Gasteiger partial charge in [-0.05, 0) is 50.1 Å². The van der Waals surface area contributed by atoms with Crippen molar-refractivity contribution in [2.24, 2.45) is 5.92 Å². The monoisotopic (exact) mass is 282 g/mol. The van der Waals surface area contributed by atoms with Crippen LogP contribution in [0.3, 0.4) is 0 Å². The first-order valence-corrected chi connectivity index (χ1v) is 7.37. The van der Waals surface area contributed by atoms with E-state index in [1.807, 2.05) is 24.3 Å². The SMILES string of the molecule is CN(CCNc1ccc(Cl)cc1)CC1CCOCC1. The number of hydrogen-bond donors (Lipinski definition) is 1. The third kappa shape index (κ3) is 5.39. The predicted octanol–water partition coefficient (Wildman–Crippen LogP) is 3.11. The fraction of sp³-hybridized carbons (Fsp3) is 0.600. The first kappa shape index (κ1) is 14.6. The highest BCUT2D eigenvalue weighted by molar-refractivity contribution is 6.30. The van der Waals surface area contributed by atoms with Crippen LogP contribution in [-0.2, 0) is 4.74 Å². The summed E-state index contributed by atoms with van der Waals surface area (Å²) in [6, 6.07) is 7.85. The number of rotatable bonds is 6. The number of anilines is 1. The van der Waals surface area contributed by atoms with Gasteiger partial charge in [0.05, 0.1) is 0 Å². The summed E-state index contributed by atoms with van der Waals surface area (Å²) >= 11 is 5.86. The van der Waals surface area contributed by atoms with Crippen LogP contribution in [0.2, 0.25) is 5.02 Å². The van der Waals surface area contributed by atoms with Gasteiger partial charge in [0.25, 0.3) is 0 Å². The second-order valence-corrected chi connectivity index (χ2v) is 5.69. The highest BCUT2D eigenvalue weighted by Crippen LogP contribution is 2.16. The van der Waals surface area contributed by atoms with Gasteiger partial charge in [-0.25, -0.2) is 0 Å². The number of ether oxygens (including phenoxy) is 1. The second-order valence-electron chi connectivity index (χ2n) is 5.25. The molecule has 1 aromatic rings. The molecule has 0 aromatic heterocycles. The number of nitrogens with one attached hydrogen (secondary N) is 1. The third-order valence-electron chi connectivity index (χ3n) is 3.58. The molecule has 1 saturated heterocycles. The second kappa shape index (κ2) is 7.73. The molecule has 1 fully saturated rings. The molecule has 1 N–H and O–H groups in total. The van der Waals surface area contributed by atoms with Gasteiger partial charge >= 0.3 is 0 Å². The lowest BCUT2D eigenvalue weighted by Crippen LogP contribution is -2.32. The van der Waals surface area contributed by atoms with Crippen LogP contribution in [0.4, 0.5) is 5.69 Å². The average molecular weight is 283 g/mol. The van der Waals surface area contributed by atoms with Crippen LogP contribution in [0.25, 0.3) is 0 Å². The number of nitrogens with zero attached hydrogens (tertiary/aromatic N) is 1. The Morgan fingerprint density at radius 1 is 1.26 bits per heavy atom. The van der Waals surface area contributed by atoms with Gasteiger partial charge in [-0.3, -0.25) is 0 Å². The van der Waals surface area contributed by atoms with Crippen LogP contribution in [0.1, 0.15) is 12.8 Å². The summed E-state index contributed by atoms with van der Waals surface area (Å²) in [5, 5.41) is 4.19. The average Bonchev–Trinajstić information content (AvgIpc) is 2.42. The van der Waals surface area contributed by atoms with E-state index < -0.39 is 0 Å². The number of hydrogen-bond acceptors (Lipinski definition) is 3. The van der Waals surface area contributed by atoms with Gasteiger partial charge in [-0.2, -0.15) is 0 Å². The lowest BCUT2D eigenvalue weighted by molar-refractivity contribution is 0.0562. The van der Waals surface area contributed by atoms with Crippen LogP contribution >= 0.6 is 11.6 Å². The molecule has 0 bridgehead atoms. The van der Waals surface area contributed by atoms with Crippen molar-refractivity contribution < 1.29 is 4.74 Å². The standard InChI is InChI=1S/C15H23ClN2O/c1-18(12-13-6-10-19-11-7-13)9-8-17-15-4-2-14(16)3-5-15/h2-5,13,17H,6-12H2,1H3. The summed E-state index contributed by atoms with van der Waals surface area (Å²) < 4.78 is 5.39. The predicted molar refractivity (Wildman–Crippen MR) is 81.0 cm³/mol.